The number of sulfonamides is 1. The molecule has 33 heavy (non-hydrogen) atoms. The van der Waals surface area contributed by atoms with Crippen LogP contribution < -0.4 is 10.1 Å². The third-order valence-electron chi connectivity index (χ3n) is 5.79. The molecule has 0 fully saturated rings. The first-order valence-electron chi connectivity index (χ1n) is 10.9. The lowest BCUT2D eigenvalue weighted by atomic mass is 10.1. The van der Waals surface area contributed by atoms with E-state index < -0.39 is 10.0 Å². The van der Waals surface area contributed by atoms with Gasteiger partial charge in [0.05, 0.1) is 4.90 Å². The van der Waals surface area contributed by atoms with E-state index in [1.807, 2.05) is 44.2 Å². The lowest BCUT2D eigenvalue weighted by molar-refractivity contribution is 0.0950. The molecule has 0 aromatic heterocycles. The third-order valence-corrected chi connectivity index (χ3v) is 7.79. The van der Waals surface area contributed by atoms with E-state index in [2.05, 4.69) is 5.32 Å². The zero-order valence-electron chi connectivity index (χ0n) is 19.1. The average molecular weight is 465 g/mol. The Morgan fingerprint density at radius 1 is 0.970 bits per heavy atom. The van der Waals surface area contributed by atoms with E-state index in [1.54, 1.807) is 37.3 Å². The minimum Gasteiger partial charge on any atom is -0.492 e. The van der Waals surface area contributed by atoms with Gasteiger partial charge in [0.15, 0.2) is 0 Å². The molecule has 0 saturated carbocycles. The zero-order chi connectivity index (χ0) is 23.6. The van der Waals surface area contributed by atoms with Crippen molar-refractivity contribution in [3.63, 3.8) is 0 Å². The van der Waals surface area contributed by atoms with Crippen molar-refractivity contribution in [1.82, 2.24) is 9.62 Å². The van der Waals surface area contributed by atoms with Crippen LogP contribution in [-0.2, 0) is 23.1 Å². The summed E-state index contributed by atoms with van der Waals surface area (Å²) in [6.45, 7) is 6.80. The number of carbonyl (C=O) groups is 1. The second kappa shape index (κ2) is 9.37. The van der Waals surface area contributed by atoms with Crippen LogP contribution in [0.2, 0.25) is 0 Å². The Bertz CT molecular complexity index is 1280. The maximum atomic E-state index is 13.4. The van der Waals surface area contributed by atoms with Crippen LogP contribution in [0.1, 0.15) is 38.2 Å². The Balaban J connectivity index is 1.54. The molecule has 172 valence electrons. The largest absolute Gasteiger partial charge is 0.492 e. The van der Waals surface area contributed by atoms with E-state index in [0.717, 1.165) is 16.7 Å². The molecule has 1 heterocycles. The number of ether oxygens (including phenoxy) is 1. The van der Waals surface area contributed by atoms with E-state index in [4.69, 9.17) is 4.74 Å². The van der Waals surface area contributed by atoms with Gasteiger partial charge >= 0.3 is 0 Å². The quantitative estimate of drug-likeness (QED) is 0.616. The number of benzene rings is 3. The maximum absolute atomic E-state index is 13.4. The van der Waals surface area contributed by atoms with Crippen molar-refractivity contribution in [2.24, 2.45) is 0 Å². The van der Waals surface area contributed by atoms with Crippen LogP contribution in [0.5, 0.6) is 5.75 Å². The van der Waals surface area contributed by atoms with Gasteiger partial charge in [-0.3, -0.25) is 4.79 Å². The van der Waals surface area contributed by atoms with E-state index >= 15 is 0 Å². The first-order chi connectivity index (χ1) is 15.7. The standard InChI is InChI=1S/C26H28N2O4S/c1-18-4-7-21(8-5-18)16-27-26(29)22-9-10-24-23(15-22)17-28(12-13-32-24)33(30,31)25-11-6-19(2)14-20(25)3/h4-11,14-15H,12-13,16-17H2,1-3H3,(H,27,29). The van der Waals surface area contributed by atoms with Crippen molar-refractivity contribution >= 4 is 15.9 Å². The van der Waals surface area contributed by atoms with Gasteiger partial charge in [0, 0.05) is 30.8 Å². The average Bonchev–Trinajstić information content (AvgIpc) is 3.00. The molecule has 3 aromatic carbocycles. The number of carbonyl (C=O) groups excluding carboxylic acids is 1. The fourth-order valence-corrected chi connectivity index (χ4v) is 5.54. The number of amides is 1. The number of fused-ring (bicyclic) bond motifs is 1. The summed E-state index contributed by atoms with van der Waals surface area (Å²) in [4.78, 5) is 13.0. The summed E-state index contributed by atoms with van der Waals surface area (Å²) in [5.74, 6) is 0.384. The second-order valence-corrected chi connectivity index (χ2v) is 10.4. The molecule has 0 unspecified atom stereocenters. The van der Waals surface area contributed by atoms with Crippen LogP contribution in [0.4, 0.5) is 0 Å². The molecule has 6 nitrogen and oxygen atoms in total. The van der Waals surface area contributed by atoms with Crippen LogP contribution in [-0.4, -0.2) is 31.8 Å². The molecule has 7 heteroatoms. The van der Waals surface area contributed by atoms with Gasteiger partial charge in [-0.1, -0.05) is 47.5 Å². The van der Waals surface area contributed by atoms with Crippen LogP contribution in [0.3, 0.4) is 0 Å². The molecule has 0 aliphatic carbocycles. The highest BCUT2D eigenvalue weighted by Gasteiger charge is 2.29. The van der Waals surface area contributed by atoms with Crippen molar-refractivity contribution in [3.8, 4) is 5.75 Å². The summed E-state index contributed by atoms with van der Waals surface area (Å²) >= 11 is 0. The number of nitrogens with one attached hydrogen (secondary N) is 1. The molecule has 1 amide bonds. The van der Waals surface area contributed by atoms with E-state index in [0.29, 0.717) is 33.9 Å². The summed E-state index contributed by atoms with van der Waals surface area (Å²) in [6, 6.07) is 18.5. The van der Waals surface area contributed by atoms with Crippen molar-refractivity contribution < 1.29 is 17.9 Å². The molecular formula is C26H28N2O4S. The van der Waals surface area contributed by atoms with Gasteiger partial charge in [0.2, 0.25) is 10.0 Å². The molecule has 4 rings (SSSR count). The van der Waals surface area contributed by atoms with E-state index in [-0.39, 0.29) is 25.6 Å². The Morgan fingerprint density at radius 2 is 1.70 bits per heavy atom. The number of hydrogen-bond acceptors (Lipinski definition) is 4. The van der Waals surface area contributed by atoms with Gasteiger partial charge in [-0.25, -0.2) is 8.42 Å². The van der Waals surface area contributed by atoms with Gasteiger partial charge < -0.3 is 10.1 Å². The molecule has 1 aliphatic rings. The van der Waals surface area contributed by atoms with Crippen molar-refractivity contribution in [2.75, 3.05) is 13.2 Å². The fourth-order valence-electron chi connectivity index (χ4n) is 3.93. The van der Waals surface area contributed by atoms with E-state index in [9.17, 15) is 13.2 Å². The summed E-state index contributed by atoms with van der Waals surface area (Å²) in [5.41, 5.74) is 5.04. The molecule has 1 N–H and O–H groups in total. The normalized spacial score (nSPS) is 14.2. The molecule has 0 spiro atoms. The number of nitrogens with zero attached hydrogens (tertiary/aromatic N) is 1. The minimum atomic E-state index is -3.71. The molecule has 0 bridgehead atoms. The van der Waals surface area contributed by atoms with Gasteiger partial charge in [-0.15, -0.1) is 0 Å². The van der Waals surface area contributed by atoms with Gasteiger partial charge in [0.1, 0.15) is 12.4 Å². The Labute approximate surface area is 195 Å². The minimum absolute atomic E-state index is 0.143. The highest BCUT2D eigenvalue weighted by molar-refractivity contribution is 7.89. The molecule has 1 aliphatic heterocycles. The zero-order valence-corrected chi connectivity index (χ0v) is 19.9. The topological polar surface area (TPSA) is 75.7 Å². The smallest absolute Gasteiger partial charge is 0.251 e. The highest BCUT2D eigenvalue weighted by Crippen LogP contribution is 2.29. The first-order valence-corrected chi connectivity index (χ1v) is 12.3. The van der Waals surface area contributed by atoms with Crippen molar-refractivity contribution in [3.05, 3.63) is 94.0 Å². The number of aryl methyl sites for hydroxylation is 3. The molecule has 0 atom stereocenters. The monoisotopic (exact) mass is 464 g/mol. The van der Waals surface area contributed by atoms with Crippen LogP contribution in [0.25, 0.3) is 0 Å². The van der Waals surface area contributed by atoms with Crippen LogP contribution in [0, 0.1) is 20.8 Å². The fraction of sp³-hybridized carbons (Fsp3) is 0.269. The molecule has 0 radical (unpaired) electrons. The van der Waals surface area contributed by atoms with Gasteiger partial charge in [0.25, 0.3) is 5.91 Å². The summed E-state index contributed by atoms with van der Waals surface area (Å²) in [6.07, 6.45) is 0. The second-order valence-electron chi connectivity index (χ2n) is 8.45. The summed E-state index contributed by atoms with van der Waals surface area (Å²) in [7, 11) is -3.71. The van der Waals surface area contributed by atoms with E-state index in [1.165, 1.54) is 4.31 Å². The molecule has 0 saturated heterocycles. The van der Waals surface area contributed by atoms with Gasteiger partial charge in [-0.2, -0.15) is 4.31 Å². The SMILES string of the molecule is Cc1ccc(CNC(=O)c2ccc3c(c2)CN(S(=O)(=O)c2ccc(C)cc2C)CCO3)cc1. The molecule has 3 aromatic rings. The van der Waals surface area contributed by atoms with Gasteiger partial charge in [-0.05, 0) is 56.2 Å². The van der Waals surface area contributed by atoms with Crippen molar-refractivity contribution in [2.45, 2.75) is 38.8 Å². The number of hydrogen-bond donors (Lipinski definition) is 1. The Morgan fingerprint density at radius 3 is 2.42 bits per heavy atom. The summed E-state index contributed by atoms with van der Waals surface area (Å²) in [5, 5.41) is 2.93. The predicted molar refractivity (Wildman–Crippen MR) is 128 cm³/mol. The lowest BCUT2D eigenvalue weighted by Crippen LogP contribution is -2.33. The third kappa shape index (κ3) is 5.10. The Kier molecular flexibility index (Phi) is 6.54. The maximum Gasteiger partial charge on any atom is 0.251 e. The Hall–Kier alpha value is -3.16. The highest BCUT2D eigenvalue weighted by atomic mass is 32.2. The lowest BCUT2D eigenvalue weighted by Gasteiger charge is -2.21. The first kappa shape index (κ1) is 23.0. The van der Waals surface area contributed by atoms with Crippen molar-refractivity contribution in [1.29, 1.82) is 0 Å². The van der Waals surface area contributed by atoms with Crippen LogP contribution >= 0.6 is 0 Å². The predicted octanol–water partition coefficient (Wildman–Crippen LogP) is 4.13. The summed E-state index contributed by atoms with van der Waals surface area (Å²) < 4.78 is 34.0. The molecular weight excluding hydrogens is 436 g/mol. The van der Waals surface area contributed by atoms with Crippen LogP contribution in [0.15, 0.2) is 65.6 Å². The number of rotatable bonds is 5.